The summed E-state index contributed by atoms with van der Waals surface area (Å²) in [5.41, 5.74) is 1.41. The van der Waals surface area contributed by atoms with E-state index in [1.165, 1.54) is 14.2 Å². The third-order valence-electron chi connectivity index (χ3n) is 3.88. The number of amides is 2. The van der Waals surface area contributed by atoms with Gasteiger partial charge in [-0.25, -0.2) is 4.79 Å². The lowest BCUT2D eigenvalue weighted by Crippen LogP contribution is -2.41. The van der Waals surface area contributed by atoms with E-state index in [4.69, 9.17) is 21.1 Å². The lowest BCUT2D eigenvalue weighted by molar-refractivity contribution is 0.256. The minimum absolute atomic E-state index is 0.223. The first kappa shape index (κ1) is 17.8. The maximum absolute atomic E-state index is 12.9. The number of thioether (sulfide) groups is 1. The maximum atomic E-state index is 12.9. The molecule has 1 N–H and O–H groups in total. The van der Waals surface area contributed by atoms with Crippen molar-refractivity contribution in [3.63, 3.8) is 0 Å². The fourth-order valence-corrected chi connectivity index (χ4v) is 4.08. The largest absolute Gasteiger partial charge is 0.495 e. The highest BCUT2D eigenvalue weighted by atomic mass is 35.5. The summed E-state index contributed by atoms with van der Waals surface area (Å²) in [7, 11) is 3.07. The summed E-state index contributed by atoms with van der Waals surface area (Å²) in [6, 6.07) is 10.9. The topological polar surface area (TPSA) is 50.8 Å². The Labute approximate surface area is 156 Å². The summed E-state index contributed by atoms with van der Waals surface area (Å²) >= 11 is 7.95. The van der Waals surface area contributed by atoms with E-state index in [0.717, 1.165) is 10.6 Å². The predicted octanol–water partition coefficient (Wildman–Crippen LogP) is 4.89. The molecule has 25 heavy (non-hydrogen) atoms. The van der Waals surface area contributed by atoms with Crippen molar-refractivity contribution in [2.75, 3.05) is 31.0 Å². The number of rotatable bonds is 3. The van der Waals surface area contributed by atoms with Gasteiger partial charge >= 0.3 is 6.03 Å². The number of urea groups is 1. The lowest BCUT2D eigenvalue weighted by atomic mass is 10.2. The number of carbonyl (C=O) groups excluding carboxylic acids is 1. The Morgan fingerprint density at radius 3 is 2.68 bits per heavy atom. The second-order valence-electron chi connectivity index (χ2n) is 5.62. The van der Waals surface area contributed by atoms with Crippen molar-refractivity contribution >= 4 is 40.8 Å². The average molecular weight is 379 g/mol. The van der Waals surface area contributed by atoms with Crippen LogP contribution in [0.1, 0.15) is 6.92 Å². The van der Waals surface area contributed by atoms with Gasteiger partial charge in [-0.1, -0.05) is 30.7 Å². The maximum Gasteiger partial charge on any atom is 0.326 e. The van der Waals surface area contributed by atoms with Gasteiger partial charge in [0.15, 0.2) is 0 Å². The van der Waals surface area contributed by atoms with Crippen LogP contribution >= 0.6 is 23.4 Å². The van der Waals surface area contributed by atoms with Crippen molar-refractivity contribution in [2.45, 2.75) is 17.1 Å². The van der Waals surface area contributed by atoms with Gasteiger partial charge in [-0.15, -0.1) is 11.8 Å². The van der Waals surface area contributed by atoms with E-state index in [1.54, 1.807) is 28.8 Å². The second-order valence-corrected chi connectivity index (χ2v) is 7.51. The molecule has 0 aliphatic carbocycles. The molecule has 0 spiro atoms. The molecule has 0 fully saturated rings. The van der Waals surface area contributed by atoms with Crippen LogP contribution in [-0.4, -0.2) is 32.0 Å². The normalized spacial score (nSPS) is 16.2. The number of carbonyl (C=O) groups is 1. The molecular formula is C18H19ClN2O3S. The van der Waals surface area contributed by atoms with E-state index in [1.807, 2.05) is 24.3 Å². The molecule has 0 unspecified atom stereocenters. The molecule has 3 rings (SSSR count). The molecule has 2 aromatic rings. The Morgan fingerprint density at radius 2 is 1.96 bits per heavy atom. The number of para-hydroxylation sites is 1. The van der Waals surface area contributed by atoms with E-state index in [-0.39, 0.29) is 6.03 Å². The number of benzene rings is 2. The first-order chi connectivity index (χ1) is 12.0. The molecule has 0 radical (unpaired) electrons. The average Bonchev–Trinajstić information content (AvgIpc) is 2.61. The zero-order valence-electron chi connectivity index (χ0n) is 14.2. The Kier molecular flexibility index (Phi) is 5.30. The molecule has 2 aromatic carbocycles. The Hall–Kier alpha value is -2.05. The zero-order chi connectivity index (χ0) is 18.0. The van der Waals surface area contributed by atoms with Gasteiger partial charge in [0.05, 0.1) is 30.6 Å². The summed E-state index contributed by atoms with van der Waals surface area (Å²) in [6.07, 6.45) is 0. The third-order valence-corrected chi connectivity index (χ3v) is 5.33. The van der Waals surface area contributed by atoms with Crippen LogP contribution in [0.15, 0.2) is 41.3 Å². The highest BCUT2D eigenvalue weighted by molar-refractivity contribution is 8.00. The highest BCUT2D eigenvalue weighted by Crippen LogP contribution is 2.39. The van der Waals surface area contributed by atoms with Gasteiger partial charge in [0, 0.05) is 22.8 Å². The molecule has 0 aromatic heterocycles. The highest BCUT2D eigenvalue weighted by Gasteiger charge is 2.27. The fraction of sp³-hybridized carbons (Fsp3) is 0.278. The van der Waals surface area contributed by atoms with Crippen LogP contribution in [0, 0.1) is 0 Å². The van der Waals surface area contributed by atoms with Crippen LogP contribution in [-0.2, 0) is 0 Å². The van der Waals surface area contributed by atoms with Gasteiger partial charge in [0.25, 0.3) is 0 Å². The smallest absolute Gasteiger partial charge is 0.326 e. The lowest BCUT2D eigenvalue weighted by Gasteiger charge is -2.32. The standard InChI is InChI=1S/C18H19ClN2O3S/c1-11-10-21(14-6-4-5-7-17(14)25-11)18(22)20-13-8-12(19)15(23-2)9-16(13)24-3/h4-9,11H,10H2,1-3H3,(H,20,22)/t11-/m1/s1. The minimum atomic E-state index is -0.223. The van der Waals surface area contributed by atoms with Crippen molar-refractivity contribution in [1.82, 2.24) is 0 Å². The molecule has 0 saturated heterocycles. The first-order valence-corrected chi connectivity index (χ1v) is 9.05. The van der Waals surface area contributed by atoms with E-state index in [0.29, 0.717) is 34.0 Å². The van der Waals surface area contributed by atoms with Crippen LogP contribution in [0.2, 0.25) is 5.02 Å². The van der Waals surface area contributed by atoms with Gasteiger partial charge in [-0.3, -0.25) is 4.90 Å². The van der Waals surface area contributed by atoms with E-state index in [9.17, 15) is 4.79 Å². The number of nitrogens with one attached hydrogen (secondary N) is 1. The Balaban J connectivity index is 1.89. The minimum Gasteiger partial charge on any atom is -0.495 e. The van der Waals surface area contributed by atoms with Gasteiger partial charge in [-0.05, 0) is 18.2 Å². The molecule has 0 saturated carbocycles. The molecule has 1 aliphatic heterocycles. The van der Waals surface area contributed by atoms with E-state index < -0.39 is 0 Å². The molecule has 132 valence electrons. The zero-order valence-corrected chi connectivity index (χ0v) is 15.8. The Morgan fingerprint density at radius 1 is 1.24 bits per heavy atom. The number of hydrogen-bond acceptors (Lipinski definition) is 4. The third kappa shape index (κ3) is 3.65. The monoisotopic (exact) mass is 378 g/mol. The molecule has 1 heterocycles. The van der Waals surface area contributed by atoms with E-state index in [2.05, 4.69) is 12.2 Å². The Bertz CT molecular complexity index is 800. The van der Waals surface area contributed by atoms with Gasteiger partial charge in [0.2, 0.25) is 0 Å². The van der Waals surface area contributed by atoms with Gasteiger partial charge in [0.1, 0.15) is 11.5 Å². The fourth-order valence-electron chi connectivity index (χ4n) is 2.72. The summed E-state index contributed by atoms with van der Waals surface area (Å²) < 4.78 is 10.5. The molecule has 1 atom stereocenters. The first-order valence-electron chi connectivity index (χ1n) is 7.79. The number of nitrogens with zero attached hydrogens (tertiary/aromatic N) is 1. The number of anilines is 2. The summed E-state index contributed by atoms with van der Waals surface area (Å²) in [5, 5.41) is 3.61. The van der Waals surface area contributed by atoms with Gasteiger partial charge < -0.3 is 14.8 Å². The summed E-state index contributed by atoms with van der Waals surface area (Å²) in [5.74, 6) is 0.979. The van der Waals surface area contributed by atoms with E-state index >= 15 is 0 Å². The second kappa shape index (κ2) is 7.45. The molecule has 5 nitrogen and oxygen atoms in total. The molecule has 0 bridgehead atoms. The van der Waals surface area contributed by atoms with Crippen LogP contribution in [0.5, 0.6) is 11.5 Å². The molecule has 7 heteroatoms. The number of hydrogen-bond donors (Lipinski definition) is 1. The number of methoxy groups -OCH3 is 2. The van der Waals surface area contributed by atoms with Crippen molar-refractivity contribution < 1.29 is 14.3 Å². The predicted molar refractivity (Wildman–Crippen MR) is 103 cm³/mol. The van der Waals surface area contributed by atoms with Crippen molar-refractivity contribution in [3.8, 4) is 11.5 Å². The molecule has 1 aliphatic rings. The van der Waals surface area contributed by atoms with Gasteiger partial charge in [-0.2, -0.15) is 0 Å². The quantitative estimate of drug-likeness (QED) is 0.826. The van der Waals surface area contributed by atoms with Crippen LogP contribution in [0.25, 0.3) is 0 Å². The number of ether oxygens (including phenoxy) is 2. The van der Waals surface area contributed by atoms with Crippen LogP contribution < -0.4 is 19.7 Å². The van der Waals surface area contributed by atoms with Crippen LogP contribution in [0.4, 0.5) is 16.2 Å². The van der Waals surface area contributed by atoms with Crippen molar-refractivity contribution in [2.24, 2.45) is 0 Å². The summed E-state index contributed by atoms with van der Waals surface area (Å²) in [6.45, 7) is 2.73. The molecule has 2 amide bonds. The summed E-state index contributed by atoms with van der Waals surface area (Å²) in [4.78, 5) is 15.7. The van der Waals surface area contributed by atoms with Crippen molar-refractivity contribution in [1.29, 1.82) is 0 Å². The number of fused-ring (bicyclic) bond motifs is 1. The SMILES string of the molecule is COc1cc(OC)c(NC(=O)N2C[C@@H](C)Sc3ccccc32)cc1Cl. The van der Waals surface area contributed by atoms with Crippen molar-refractivity contribution in [3.05, 3.63) is 41.4 Å². The number of halogens is 1. The van der Waals surface area contributed by atoms with Crippen LogP contribution in [0.3, 0.4) is 0 Å². The molecular weight excluding hydrogens is 360 g/mol.